The highest BCUT2D eigenvalue weighted by Crippen LogP contribution is 2.30. The van der Waals surface area contributed by atoms with Gasteiger partial charge in [0, 0.05) is 6.20 Å². The van der Waals surface area contributed by atoms with Gasteiger partial charge in [0.2, 0.25) is 0 Å². The van der Waals surface area contributed by atoms with Crippen LogP contribution in [0.15, 0.2) is 12.3 Å². The third-order valence-corrected chi connectivity index (χ3v) is 2.91. The fourth-order valence-corrected chi connectivity index (χ4v) is 2.02. The van der Waals surface area contributed by atoms with Crippen molar-refractivity contribution in [3.8, 4) is 0 Å². The molecule has 0 amide bonds. The van der Waals surface area contributed by atoms with E-state index in [1.807, 2.05) is 6.92 Å². The normalized spacial score (nSPS) is 15.0. The van der Waals surface area contributed by atoms with Gasteiger partial charge >= 0.3 is 0 Å². The third-order valence-electron chi connectivity index (χ3n) is 2.40. The number of aliphatic hydroxyl groups excluding tert-OH is 1. The number of nitrogens with zero attached hydrogens (tertiary/aromatic N) is 1. The van der Waals surface area contributed by atoms with E-state index < -0.39 is 6.10 Å². The van der Waals surface area contributed by atoms with Gasteiger partial charge < -0.3 is 5.11 Å². The summed E-state index contributed by atoms with van der Waals surface area (Å²) < 4.78 is 0. The van der Waals surface area contributed by atoms with Gasteiger partial charge in [0.25, 0.3) is 0 Å². The number of rotatable bonds is 4. The second-order valence-electron chi connectivity index (χ2n) is 3.73. The molecule has 0 radical (unpaired) electrons. The highest BCUT2D eigenvalue weighted by Gasteiger charge is 2.19. The summed E-state index contributed by atoms with van der Waals surface area (Å²) in [6.07, 6.45) is 2.87. The maximum atomic E-state index is 10.0. The summed E-state index contributed by atoms with van der Waals surface area (Å²) in [5, 5.41) is 10.9. The number of halogens is 2. The molecular formula is C11H15Cl2NO. The SMILES string of the molecule is CCCC(C)C(O)c1ncc(Cl)cc1Cl. The number of hydrogen-bond donors (Lipinski definition) is 1. The monoisotopic (exact) mass is 247 g/mol. The Balaban J connectivity index is 2.86. The average molecular weight is 248 g/mol. The number of aliphatic hydroxyl groups is 1. The van der Waals surface area contributed by atoms with Crippen molar-refractivity contribution in [1.29, 1.82) is 0 Å². The maximum Gasteiger partial charge on any atom is 0.1000 e. The molecule has 2 unspecified atom stereocenters. The summed E-state index contributed by atoms with van der Waals surface area (Å²) in [5.74, 6) is 0.154. The van der Waals surface area contributed by atoms with E-state index in [2.05, 4.69) is 11.9 Å². The molecule has 0 fully saturated rings. The van der Waals surface area contributed by atoms with Gasteiger partial charge in [-0.25, -0.2) is 0 Å². The lowest BCUT2D eigenvalue weighted by molar-refractivity contribution is 0.108. The van der Waals surface area contributed by atoms with E-state index in [4.69, 9.17) is 23.2 Å². The molecule has 15 heavy (non-hydrogen) atoms. The molecule has 1 N–H and O–H groups in total. The van der Waals surface area contributed by atoms with Crippen LogP contribution in [0.25, 0.3) is 0 Å². The van der Waals surface area contributed by atoms with Crippen LogP contribution in [-0.2, 0) is 0 Å². The lowest BCUT2D eigenvalue weighted by Crippen LogP contribution is -2.11. The Labute approximate surface area is 100 Å². The Hall–Kier alpha value is -0.310. The summed E-state index contributed by atoms with van der Waals surface area (Å²) in [4.78, 5) is 4.07. The molecule has 0 aromatic carbocycles. The zero-order chi connectivity index (χ0) is 11.4. The Morgan fingerprint density at radius 3 is 2.67 bits per heavy atom. The predicted molar refractivity (Wildman–Crippen MR) is 63.3 cm³/mol. The molecule has 2 nitrogen and oxygen atoms in total. The summed E-state index contributed by atoms with van der Waals surface area (Å²) in [7, 11) is 0. The van der Waals surface area contributed by atoms with E-state index in [1.165, 1.54) is 6.20 Å². The number of aromatic nitrogens is 1. The van der Waals surface area contributed by atoms with Crippen LogP contribution in [0, 0.1) is 5.92 Å². The van der Waals surface area contributed by atoms with E-state index in [0.717, 1.165) is 12.8 Å². The van der Waals surface area contributed by atoms with Crippen molar-refractivity contribution in [3.05, 3.63) is 28.0 Å². The molecule has 0 aliphatic carbocycles. The van der Waals surface area contributed by atoms with E-state index >= 15 is 0 Å². The molecule has 1 heterocycles. The second-order valence-corrected chi connectivity index (χ2v) is 4.58. The van der Waals surface area contributed by atoms with Crippen LogP contribution in [0.4, 0.5) is 0 Å². The van der Waals surface area contributed by atoms with Crippen LogP contribution in [0.2, 0.25) is 10.0 Å². The summed E-state index contributed by atoms with van der Waals surface area (Å²) in [5.41, 5.74) is 0.516. The molecule has 0 aliphatic heterocycles. The predicted octanol–water partition coefficient (Wildman–Crippen LogP) is 3.86. The lowest BCUT2D eigenvalue weighted by Gasteiger charge is -2.18. The van der Waals surface area contributed by atoms with Crippen molar-refractivity contribution in [2.75, 3.05) is 0 Å². The Morgan fingerprint density at radius 1 is 1.47 bits per heavy atom. The van der Waals surface area contributed by atoms with Crippen LogP contribution < -0.4 is 0 Å². The van der Waals surface area contributed by atoms with E-state index in [-0.39, 0.29) is 5.92 Å². The summed E-state index contributed by atoms with van der Waals surface area (Å²) in [6, 6.07) is 1.60. The van der Waals surface area contributed by atoms with E-state index in [0.29, 0.717) is 15.7 Å². The highest BCUT2D eigenvalue weighted by molar-refractivity contribution is 6.34. The second kappa shape index (κ2) is 5.69. The van der Waals surface area contributed by atoms with E-state index in [9.17, 15) is 5.11 Å². The van der Waals surface area contributed by atoms with Crippen molar-refractivity contribution >= 4 is 23.2 Å². The van der Waals surface area contributed by atoms with E-state index in [1.54, 1.807) is 6.07 Å². The summed E-state index contributed by atoms with van der Waals surface area (Å²) in [6.45, 7) is 4.07. The molecule has 4 heteroatoms. The average Bonchev–Trinajstić information content (AvgIpc) is 2.17. The smallest absolute Gasteiger partial charge is 0.1000 e. The van der Waals surface area contributed by atoms with Gasteiger partial charge in [-0.3, -0.25) is 4.98 Å². The Bertz CT molecular complexity index is 330. The first-order chi connectivity index (χ1) is 7.06. The van der Waals surface area contributed by atoms with Crippen LogP contribution in [-0.4, -0.2) is 10.1 Å². The van der Waals surface area contributed by atoms with Crippen molar-refractivity contribution in [1.82, 2.24) is 4.98 Å². The molecule has 1 aromatic rings. The summed E-state index contributed by atoms with van der Waals surface area (Å²) >= 11 is 11.7. The molecule has 0 saturated heterocycles. The van der Waals surface area contributed by atoms with Gasteiger partial charge in [0.15, 0.2) is 0 Å². The Morgan fingerprint density at radius 2 is 2.13 bits per heavy atom. The topological polar surface area (TPSA) is 33.1 Å². The first kappa shape index (κ1) is 12.8. The molecule has 84 valence electrons. The van der Waals surface area contributed by atoms with Crippen LogP contribution in [0.5, 0.6) is 0 Å². The lowest BCUT2D eigenvalue weighted by atomic mass is 9.97. The molecule has 1 aromatic heterocycles. The third kappa shape index (κ3) is 3.33. The Kier molecular flexibility index (Phi) is 4.84. The molecule has 0 spiro atoms. The van der Waals surface area contributed by atoms with Crippen LogP contribution in [0.1, 0.15) is 38.5 Å². The van der Waals surface area contributed by atoms with Gasteiger partial charge in [-0.15, -0.1) is 0 Å². The first-order valence-corrected chi connectivity index (χ1v) is 5.80. The van der Waals surface area contributed by atoms with Gasteiger partial charge in [-0.1, -0.05) is 43.5 Å². The molecule has 2 atom stereocenters. The van der Waals surface area contributed by atoms with Crippen molar-refractivity contribution < 1.29 is 5.11 Å². The standard InChI is InChI=1S/C11H15Cl2NO/c1-3-4-7(2)11(15)10-9(13)5-8(12)6-14-10/h5-7,11,15H,3-4H2,1-2H3. The quantitative estimate of drug-likeness (QED) is 0.877. The van der Waals surface area contributed by atoms with Crippen molar-refractivity contribution in [3.63, 3.8) is 0 Å². The first-order valence-electron chi connectivity index (χ1n) is 5.05. The zero-order valence-corrected chi connectivity index (χ0v) is 10.4. The highest BCUT2D eigenvalue weighted by atomic mass is 35.5. The minimum atomic E-state index is -0.616. The molecular weight excluding hydrogens is 233 g/mol. The number of pyridine rings is 1. The molecule has 0 bridgehead atoms. The van der Waals surface area contributed by atoms with Gasteiger partial charge in [0.1, 0.15) is 0 Å². The van der Waals surface area contributed by atoms with Crippen LogP contribution in [0.3, 0.4) is 0 Å². The van der Waals surface area contributed by atoms with Crippen molar-refractivity contribution in [2.45, 2.75) is 32.8 Å². The number of hydrogen-bond acceptors (Lipinski definition) is 2. The minimum absolute atomic E-state index is 0.154. The maximum absolute atomic E-state index is 10.0. The minimum Gasteiger partial charge on any atom is -0.386 e. The zero-order valence-electron chi connectivity index (χ0n) is 8.87. The van der Waals surface area contributed by atoms with Gasteiger partial charge in [0.05, 0.1) is 21.8 Å². The fraction of sp³-hybridized carbons (Fsp3) is 0.545. The largest absolute Gasteiger partial charge is 0.386 e. The van der Waals surface area contributed by atoms with Gasteiger partial charge in [-0.05, 0) is 18.4 Å². The van der Waals surface area contributed by atoms with Gasteiger partial charge in [-0.2, -0.15) is 0 Å². The molecule has 1 rings (SSSR count). The van der Waals surface area contributed by atoms with Crippen LogP contribution >= 0.6 is 23.2 Å². The van der Waals surface area contributed by atoms with Crippen molar-refractivity contribution in [2.24, 2.45) is 5.92 Å². The molecule has 0 aliphatic rings. The molecule has 0 saturated carbocycles. The fourth-order valence-electron chi connectivity index (χ4n) is 1.53.